The Kier molecular flexibility index (Phi) is 4.79. The molecule has 4 nitrogen and oxygen atoms in total. The summed E-state index contributed by atoms with van der Waals surface area (Å²) in [5, 5.41) is 13.2. The maximum atomic E-state index is 9.86. The molecule has 0 saturated carbocycles. The van der Waals surface area contributed by atoms with E-state index < -0.39 is 0 Å². The van der Waals surface area contributed by atoms with E-state index >= 15 is 0 Å². The molecular formula is C13H26N2O2. The lowest BCUT2D eigenvalue weighted by molar-refractivity contribution is -0.0987. The zero-order chi connectivity index (χ0) is 12.1. The van der Waals surface area contributed by atoms with Crippen LogP contribution in [0.25, 0.3) is 0 Å². The standard InChI is InChI=1S/C13H26N2O2/c1-2-3-12-10-13(11-16,4-9-17-12)15-7-5-14-6-8-15/h12,14,16H,2-11H2,1H3. The molecule has 2 fully saturated rings. The summed E-state index contributed by atoms with van der Waals surface area (Å²) in [7, 11) is 0. The van der Waals surface area contributed by atoms with E-state index in [0.29, 0.717) is 6.10 Å². The first-order valence-corrected chi connectivity index (χ1v) is 6.99. The Morgan fingerprint density at radius 2 is 2.18 bits per heavy atom. The van der Waals surface area contributed by atoms with Gasteiger partial charge < -0.3 is 15.2 Å². The van der Waals surface area contributed by atoms with Gasteiger partial charge in [0.25, 0.3) is 0 Å². The minimum atomic E-state index is -0.0137. The second-order valence-corrected chi connectivity index (χ2v) is 5.36. The number of nitrogens with one attached hydrogen (secondary N) is 1. The highest BCUT2D eigenvalue weighted by atomic mass is 16.5. The molecule has 100 valence electrons. The molecule has 0 aromatic heterocycles. The molecule has 2 aliphatic heterocycles. The first-order valence-electron chi connectivity index (χ1n) is 6.99. The van der Waals surface area contributed by atoms with Crippen molar-refractivity contribution in [2.24, 2.45) is 0 Å². The van der Waals surface area contributed by atoms with Gasteiger partial charge in [0, 0.05) is 38.3 Å². The van der Waals surface area contributed by atoms with Crippen molar-refractivity contribution in [3.05, 3.63) is 0 Å². The number of ether oxygens (including phenoxy) is 1. The smallest absolute Gasteiger partial charge is 0.0617 e. The minimum Gasteiger partial charge on any atom is -0.394 e. The number of piperazine rings is 1. The average molecular weight is 242 g/mol. The Labute approximate surface area is 104 Å². The number of nitrogens with zero attached hydrogens (tertiary/aromatic N) is 1. The van der Waals surface area contributed by atoms with Crippen molar-refractivity contribution in [1.29, 1.82) is 0 Å². The van der Waals surface area contributed by atoms with Crippen molar-refractivity contribution < 1.29 is 9.84 Å². The van der Waals surface area contributed by atoms with Crippen molar-refractivity contribution in [3.63, 3.8) is 0 Å². The Bertz CT molecular complexity index is 229. The molecule has 0 spiro atoms. The van der Waals surface area contributed by atoms with E-state index in [1.54, 1.807) is 0 Å². The first kappa shape index (κ1) is 13.3. The van der Waals surface area contributed by atoms with Gasteiger partial charge in [-0.1, -0.05) is 13.3 Å². The van der Waals surface area contributed by atoms with E-state index in [1.807, 2.05) is 0 Å². The molecule has 2 unspecified atom stereocenters. The maximum Gasteiger partial charge on any atom is 0.0617 e. The Balaban J connectivity index is 2.01. The van der Waals surface area contributed by atoms with Gasteiger partial charge in [-0.05, 0) is 19.3 Å². The fourth-order valence-corrected chi connectivity index (χ4v) is 3.18. The molecule has 0 aromatic carbocycles. The third-order valence-corrected chi connectivity index (χ3v) is 4.22. The molecule has 2 aliphatic rings. The van der Waals surface area contributed by atoms with Crippen LogP contribution in [0.2, 0.25) is 0 Å². The predicted molar refractivity (Wildman–Crippen MR) is 68.1 cm³/mol. The molecule has 0 aromatic rings. The summed E-state index contributed by atoms with van der Waals surface area (Å²) in [6.07, 6.45) is 4.60. The molecule has 2 N–H and O–H groups in total. The summed E-state index contributed by atoms with van der Waals surface area (Å²) in [5.74, 6) is 0. The maximum absolute atomic E-state index is 9.86. The number of hydrogen-bond acceptors (Lipinski definition) is 4. The molecular weight excluding hydrogens is 216 g/mol. The van der Waals surface area contributed by atoms with E-state index in [2.05, 4.69) is 17.1 Å². The molecule has 17 heavy (non-hydrogen) atoms. The van der Waals surface area contributed by atoms with Gasteiger partial charge in [0.05, 0.1) is 12.7 Å². The van der Waals surface area contributed by atoms with Crippen molar-refractivity contribution >= 4 is 0 Å². The van der Waals surface area contributed by atoms with E-state index in [4.69, 9.17) is 4.74 Å². The molecule has 0 aliphatic carbocycles. The third-order valence-electron chi connectivity index (χ3n) is 4.22. The lowest BCUT2D eigenvalue weighted by atomic mass is 9.84. The van der Waals surface area contributed by atoms with Crippen molar-refractivity contribution in [1.82, 2.24) is 10.2 Å². The van der Waals surface area contributed by atoms with Gasteiger partial charge >= 0.3 is 0 Å². The molecule has 2 saturated heterocycles. The number of aliphatic hydroxyl groups is 1. The second kappa shape index (κ2) is 6.14. The Hall–Kier alpha value is -0.160. The summed E-state index contributed by atoms with van der Waals surface area (Å²) in [4.78, 5) is 2.48. The summed E-state index contributed by atoms with van der Waals surface area (Å²) < 4.78 is 5.81. The Morgan fingerprint density at radius 3 is 2.82 bits per heavy atom. The fraction of sp³-hybridized carbons (Fsp3) is 1.00. The first-order chi connectivity index (χ1) is 8.30. The third kappa shape index (κ3) is 2.99. The largest absolute Gasteiger partial charge is 0.394 e. The molecule has 4 heteroatoms. The minimum absolute atomic E-state index is 0.0137. The quantitative estimate of drug-likeness (QED) is 0.758. The molecule has 2 atom stereocenters. The molecule has 0 radical (unpaired) electrons. The van der Waals surface area contributed by atoms with E-state index in [0.717, 1.165) is 58.5 Å². The number of rotatable bonds is 4. The summed E-state index contributed by atoms with van der Waals surface area (Å²) in [5.41, 5.74) is -0.0137. The number of aliphatic hydroxyl groups excluding tert-OH is 1. The fourth-order valence-electron chi connectivity index (χ4n) is 3.18. The molecule has 0 amide bonds. The van der Waals surface area contributed by atoms with Crippen molar-refractivity contribution in [2.45, 2.75) is 44.2 Å². The van der Waals surface area contributed by atoms with Crippen LogP contribution in [0.4, 0.5) is 0 Å². The lowest BCUT2D eigenvalue weighted by Gasteiger charge is -2.49. The van der Waals surface area contributed by atoms with Gasteiger partial charge in [-0.25, -0.2) is 0 Å². The van der Waals surface area contributed by atoms with Crippen LogP contribution < -0.4 is 5.32 Å². The zero-order valence-corrected chi connectivity index (χ0v) is 11.0. The lowest BCUT2D eigenvalue weighted by Crippen LogP contribution is -2.61. The topological polar surface area (TPSA) is 44.7 Å². The zero-order valence-electron chi connectivity index (χ0n) is 11.0. The second-order valence-electron chi connectivity index (χ2n) is 5.36. The van der Waals surface area contributed by atoms with E-state index in [-0.39, 0.29) is 12.1 Å². The normalized spacial score (nSPS) is 36.0. The summed E-state index contributed by atoms with van der Waals surface area (Å²) in [6, 6.07) is 0. The van der Waals surface area contributed by atoms with Crippen molar-refractivity contribution in [2.75, 3.05) is 39.4 Å². The van der Waals surface area contributed by atoms with Crippen LogP contribution in [-0.2, 0) is 4.74 Å². The molecule has 2 heterocycles. The highest BCUT2D eigenvalue weighted by molar-refractivity contribution is 4.96. The van der Waals surface area contributed by atoms with Gasteiger partial charge in [-0.15, -0.1) is 0 Å². The van der Waals surface area contributed by atoms with Crippen LogP contribution in [0.1, 0.15) is 32.6 Å². The van der Waals surface area contributed by atoms with Crippen LogP contribution in [0.15, 0.2) is 0 Å². The summed E-state index contributed by atoms with van der Waals surface area (Å²) >= 11 is 0. The van der Waals surface area contributed by atoms with Crippen LogP contribution in [0, 0.1) is 0 Å². The van der Waals surface area contributed by atoms with Crippen LogP contribution >= 0.6 is 0 Å². The van der Waals surface area contributed by atoms with Crippen LogP contribution in [0.5, 0.6) is 0 Å². The van der Waals surface area contributed by atoms with Gasteiger partial charge in [0.1, 0.15) is 0 Å². The monoisotopic (exact) mass is 242 g/mol. The van der Waals surface area contributed by atoms with Crippen molar-refractivity contribution in [3.8, 4) is 0 Å². The molecule has 2 rings (SSSR count). The van der Waals surface area contributed by atoms with E-state index in [1.165, 1.54) is 0 Å². The summed E-state index contributed by atoms with van der Waals surface area (Å²) in [6.45, 7) is 7.47. The van der Waals surface area contributed by atoms with Gasteiger partial charge in [0.2, 0.25) is 0 Å². The Morgan fingerprint density at radius 1 is 1.41 bits per heavy atom. The highest BCUT2D eigenvalue weighted by Crippen LogP contribution is 2.32. The predicted octanol–water partition coefficient (Wildman–Crippen LogP) is 0.602. The SMILES string of the molecule is CCCC1CC(CO)(N2CCNCC2)CCO1. The van der Waals surface area contributed by atoms with Crippen LogP contribution in [0.3, 0.4) is 0 Å². The van der Waals surface area contributed by atoms with Gasteiger partial charge in [-0.2, -0.15) is 0 Å². The van der Waals surface area contributed by atoms with Gasteiger partial charge in [-0.3, -0.25) is 4.90 Å². The van der Waals surface area contributed by atoms with Gasteiger partial charge in [0.15, 0.2) is 0 Å². The van der Waals surface area contributed by atoms with E-state index in [9.17, 15) is 5.11 Å². The number of hydrogen-bond donors (Lipinski definition) is 2. The highest BCUT2D eigenvalue weighted by Gasteiger charge is 2.41. The molecule has 0 bridgehead atoms. The van der Waals surface area contributed by atoms with Crippen LogP contribution in [-0.4, -0.2) is 61.0 Å². The average Bonchev–Trinajstić information content (AvgIpc) is 2.40.